The van der Waals surface area contributed by atoms with Gasteiger partial charge in [0.1, 0.15) is 5.75 Å². The Balaban J connectivity index is 0.00000196. The lowest BCUT2D eigenvalue weighted by atomic mass is 9.96. The van der Waals surface area contributed by atoms with Crippen molar-refractivity contribution in [2.75, 3.05) is 26.2 Å². The van der Waals surface area contributed by atoms with E-state index in [2.05, 4.69) is 46.8 Å². The summed E-state index contributed by atoms with van der Waals surface area (Å²) in [7, 11) is 0. The van der Waals surface area contributed by atoms with Crippen LogP contribution in [0.3, 0.4) is 0 Å². The number of hydrogen-bond donors (Lipinski definition) is 1. The lowest BCUT2D eigenvalue weighted by molar-refractivity contribution is -0.274. The van der Waals surface area contributed by atoms with Gasteiger partial charge in [0, 0.05) is 35.1 Å². The second kappa shape index (κ2) is 11.0. The van der Waals surface area contributed by atoms with Crippen LogP contribution in [0.2, 0.25) is 0 Å². The van der Waals surface area contributed by atoms with Crippen LogP contribution in [0.1, 0.15) is 17.2 Å². The molecular formula is C18H19Br2Cl2F3N2O. The van der Waals surface area contributed by atoms with Crippen LogP contribution in [0, 0.1) is 0 Å². The third kappa shape index (κ3) is 6.78. The highest BCUT2D eigenvalue weighted by atomic mass is 79.9. The zero-order chi connectivity index (χ0) is 18.7. The van der Waals surface area contributed by atoms with E-state index in [-0.39, 0.29) is 36.6 Å². The smallest absolute Gasteiger partial charge is 0.406 e. The number of hydrogen-bond acceptors (Lipinski definition) is 3. The monoisotopic (exact) mass is 564 g/mol. The Morgan fingerprint density at radius 2 is 1.46 bits per heavy atom. The third-order valence-corrected chi connectivity index (χ3v) is 6.09. The SMILES string of the molecule is Cl.Cl.FC(F)(F)Oc1ccc([C@@H](c2ccc(Br)c(Br)c2)N2CCNCC2)cc1. The van der Waals surface area contributed by atoms with Crippen molar-refractivity contribution in [2.45, 2.75) is 12.4 Å². The summed E-state index contributed by atoms with van der Waals surface area (Å²) in [6.07, 6.45) is -4.68. The van der Waals surface area contributed by atoms with Gasteiger partial charge in [0.25, 0.3) is 0 Å². The average Bonchev–Trinajstić information content (AvgIpc) is 2.59. The summed E-state index contributed by atoms with van der Waals surface area (Å²) in [5.74, 6) is -0.211. The Hall–Kier alpha value is -0.510. The standard InChI is InChI=1S/C18H17Br2F3N2O.2ClH/c19-15-6-3-13(11-16(15)20)17(25-9-7-24-8-10-25)12-1-4-14(5-2-12)26-18(21,22)23;;/h1-6,11,17,24H,7-10H2;2*1H/t17-;;/m0../s1. The van der Waals surface area contributed by atoms with Gasteiger partial charge in [0.05, 0.1) is 6.04 Å². The average molecular weight is 567 g/mol. The molecule has 0 unspecified atom stereocenters. The predicted octanol–water partition coefficient (Wildman–Crippen LogP) is 5.95. The van der Waals surface area contributed by atoms with Crippen molar-refractivity contribution in [1.82, 2.24) is 10.2 Å². The van der Waals surface area contributed by atoms with E-state index in [1.165, 1.54) is 12.1 Å². The van der Waals surface area contributed by atoms with Crippen molar-refractivity contribution >= 4 is 56.7 Å². The molecule has 1 atom stereocenters. The molecule has 28 heavy (non-hydrogen) atoms. The first-order chi connectivity index (χ1) is 12.3. The van der Waals surface area contributed by atoms with Crippen molar-refractivity contribution < 1.29 is 17.9 Å². The fourth-order valence-electron chi connectivity index (χ4n) is 3.09. The molecule has 2 aromatic carbocycles. The number of alkyl halides is 3. The first-order valence-electron chi connectivity index (χ1n) is 8.09. The maximum absolute atomic E-state index is 12.4. The minimum Gasteiger partial charge on any atom is -0.406 e. The fraction of sp³-hybridized carbons (Fsp3) is 0.333. The summed E-state index contributed by atoms with van der Waals surface area (Å²) in [6.45, 7) is 3.48. The van der Waals surface area contributed by atoms with Crippen LogP contribution in [-0.4, -0.2) is 37.4 Å². The van der Waals surface area contributed by atoms with Crippen LogP contribution < -0.4 is 10.1 Å². The first-order valence-corrected chi connectivity index (χ1v) is 9.67. The maximum atomic E-state index is 12.4. The van der Waals surface area contributed by atoms with E-state index in [1.807, 2.05) is 18.2 Å². The maximum Gasteiger partial charge on any atom is 0.573 e. The first kappa shape index (κ1) is 25.5. The number of nitrogens with zero attached hydrogens (tertiary/aromatic N) is 1. The number of nitrogens with one attached hydrogen (secondary N) is 1. The summed E-state index contributed by atoms with van der Waals surface area (Å²) in [4.78, 5) is 2.33. The Bertz CT molecular complexity index is 757. The molecule has 0 aromatic heterocycles. The second-order valence-corrected chi connectivity index (χ2v) is 7.69. The molecular weight excluding hydrogens is 548 g/mol. The predicted molar refractivity (Wildman–Crippen MR) is 116 cm³/mol. The van der Waals surface area contributed by atoms with Crippen LogP contribution in [0.4, 0.5) is 13.2 Å². The van der Waals surface area contributed by atoms with Crippen molar-refractivity contribution in [2.24, 2.45) is 0 Å². The molecule has 1 aliphatic heterocycles. The van der Waals surface area contributed by atoms with E-state index in [1.54, 1.807) is 12.1 Å². The minimum atomic E-state index is -4.68. The van der Waals surface area contributed by atoms with E-state index < -0.39 is 6.36 Å². The fourth-order valence-corrected chi connectivity index (χ4v) is 3.73. The molecule has 1 saturated heterocycles. The van der Waals surface area contributed by atoms with Crippen molar-refractivity contribution in [3.8, 4) is 5.75 Å². The molecule has 1 fully saturated rings. The summed E-state index contributed by atoms with van der Waals surface area (Å²) in [6, 6.07) is 12.1. The summed E-state index contributed by atoms with van der Waals surface area (Å²) >= 11 is 7.01. The Kier molecular flexibility index (Phi) is 10.1. The van der Waals surface area contributed by atoms with Gasteiger partial charge in [-0.15, -0.1) is 38.0 Å². The number of piperazine rings is 1. The molecule has 0 spiro atoms. The van der Waals surface area contributed by atoms with Crippen molar-refractivity contribution in [3.05, 3.63) is 62.5 Å². The minimum absolute atomic E-state index is 0. The number of rotatable bonds is 4. The van der Waals surface area contributed by atoms with Gasteiger partial charge < -0.3 is 10.1 Å². The number of halogens is 7. The quantitative estimate of drug-likeness (QED) is 0.495. The second-order valence-electron chi connectivity index (χ2n) is 5.98. The summed E-state index contributed by atoms with van der Waals surface area (Å²) in [5, 5.41) is 3.32. The van der Waals surface area contributed by atoms with Gasteiger partial charge in [0.2, 0.25) is 0 Å². The van der Waals surface area contributed by atoms with E-state index in [9.17, 15) is 13.2 Å². The summed E-state index contributed by atoms with van der Waals surface area (Å²) in [5.41, 5.74) is 2.00. The molecule has 0 bridgehead atoms. The molecule has 2 aromatic rings. The number of benzene rings is 2. The van der Waals surface area contributed by atoms with Crippen LogP contribution in [0.15, 0.2) is 51.4 Å². The third-order valence-electron chi connectivity index (χ3n) is 4.21. The molecule has 1 heterocycles. The number of ether oxygens (including phenoxy) is 1. The Labute approximate surface area is 191 Å². The van der Waals surface area contributed by atoms with Crippen LogP contribution >= 0.6 is 56.7 Å². The van der Waals surface area contributed by atoms with Crippen LogP contribution in [0.25, 0.3) is 0 Å². The van der Waals surface area contributed by atoms with Gasteiger partial charge in [-0.05, 0) is 67.3 Å². The van der Waals surface area contributed by atoms with E-state index >= 15 is 0 Å². The lowest BCUT2D eigenvalue weighted by Crippen LogP contribution is -2.45. The molecule has 156 valence electrons. The van der Waals surface area contributed by atoms with Gasteiger partial charge in [-0.3, -0.25) is 4.90 Å². The molecule has 10 heteroatoms. The molecule has 3 nitrogen and oxygen atoms in total. The normalized spacial score (nSPS) is 15.9. The van der Waals surface area contributed by atoms with E-state index in [0.29, 0.717) is 0 Å². The lowest BCUT2D eigenvalue weighted by Gasteiger charge is -2.35. The molecule has 0 saturated carbocycles. The van der Waals surface area contributed by atoms with Gasteiger partial charge >= 0.3 is 6.36 Å². The molecule has 0 radical (unpaired) electrons. The van der Waals surface area contributed by atoms with E-state index in [4.69, 9.17) is 0 Å². The van der Waals surface area contributed by atoms with Crippen molar-refractivity contribution in [1.29, 1.82) is 0 Å². The topological polar surface area (TPSA) is 24.5 Å². The molecule has 0 amide bonds. The zero-order valence-electron chi connectivity index (χ0n) is 14.5. The summed E-state index contributed by atoms with van der Waals surface area (Å²) < 4.78 is 43.0. The van der Waals surface area contributed by atoms with Crippen molar-refractivity contribution in [3.63, 3.8) is 0 Å². The largest absolute Gasteiger partial charge is 0.573 e. The Morgan fingerprint density at radius 1 is 0.893 bits per heavy atom. The molecule has 3 rings (SSSR count). The van der Waals surface area contributed by atoms with Gasteiger partial charge in [-0.2, -0.15) is 0 Å². The highest BCUT2D eigenvalue weighted by Crippen LogP contribution is 2.34. The van der Waals surface area contributed by atoms with Gasteiger partial charge in [0.15, 0.2) is 0 Å². The van der Waals surface area contributed by atoms with Crippen LogP contribution in [0.5, 0.6) is 5.75 Å². The van der Waals surface area contributed by atoms with Gasteiger partial charge in [-0.1, -0.05) is 18.2 Å². The highest BCUT2D eigenvalue weighted by Gasteiger charge is 2.31. The molecule has 0 aliphatic carbocycles. The van der Waals surface area contributed by atoms with Gasteiger partial charge in [-0.25, -0.2) is 0 Å². The zero-order valence-corrected chi connectivity index (χ0v) is 19.3. The van der Waals surface area contributed by atoms with E-state index in [0.717, 1.165) is 46.3 Å². The Morgan fingerprint density at radius 3 is 2.00 bits per heavy atom. The highest BCUT2D eigenvalue weighted by molar-refractivity contribution is 9.13. The molecule has 1 aliphatic rings. The molecule has 1 N–H and O–H groups in total. The van der Waals surface area contributed by atoms with Crippen LogP contribution in [-0.2, 0) is 0 Å².